The van der Waals surface area contributed by atoms with E-state index in [0.29, 0.717) is 18.1 Å². The minimum absolute atomic E-state index is 0.0531. The summed E-state index contributed by atoms with van der Waals surface area (Å²) in [4.78, 5) is 20.7. The van der Waals surface area contributed by atoms with Crippen LogP contribution in [-0.4, -0.2) is 27.0 Å². The summed E-state index contributed by atoms with van der Waals surface area (Å²) >= 11 is 6.07. The Bertz CT molecular complexity index is 817. The van der Waals surface area contributed by atoms with Crippen molar-refractivity contribution < 1.29 is 4.79 Å². The molecule has 1 N–H and O–H groups in total. The number of hydrogen-bond acceptors (Lipinski definition) is 3. The number of halogens is 1. The fourth-order valence-electron chi connectivity index (χ4n) is 2.41. The van der Waals surface area contributed by atoms with Crippen molar-refractivity contribution in [2.75, 3.05) is 6.54 Å². The van der Waals surface area contributed by atoms with Crippen LogP contribution >= 0.6 is 11.6 Å². The van der Waals surface area contributed by atoms with Crippen molar-refractivity contribution in [3.8, 4) is 11.5 Å². The predicted molar refractivity (Wildman–Crippen MR) is 93.6 cm³/mol. The van der Waals surface area contributed by atoms with E-state index in [1.807, 2.05) is 47.2 Å². The number of nitrogens with zero attached hydrogens (tertiary/aromatic N) is 3. The van der Waals surface area contributed by atoms with E-state index in [0.717, 1.165) is 17.1 Å². The van der Waals surface area contributed by atoms with Gasteiger partial charge in [-0.15, -0.1) is 0 Å². The Balaban J connectivity index is 1.55. The molecule has 0 saturated carbocycles. The molecule has 0 fully saturated rings. The maximum Gasteiger partial charge on any atom is 0.224 e. The van der Waals surface area contributed by atoms with Crippen LogP contribution in [0.4, 0.5) is 0 Å². The van der Waals surface area contributed by atoms with Crippen molar-refractivity contribution >= 4 is 17.5 Å². The van der Waals surface area contributed by atoms with Gasteiger partial charge >= 0.3 is 0 Å². The molecule has 3 aromatic rings. The van der Waals surface area contributed by atoms with Crippen LogP contribution in [0.1, 0.15) is 5.56 Å². The van der Waals surface area contributed by atoms with Gasteiger partial charge in [0.1, 0.15) is 5.69 Å². The molecular formula is C18H17ClN4O. The van der Waals surface area contributed by atoms with Gasteiger partial charge in [0.2, 0.25) is 5.91 Å². The van der Waals surface area contributed by atoms with Gasteiger partial charge in [-0.05, 0) is 23.8 Å². The summed E-state index contributed by atoms with van der Waals surface area (Å²) < 4.78 is 1.97. The lowest BCUT2D eigenvalue weighted by molar-refractivity contribution is -0.120. The number of imidazole rings is 1. The van der Waals surface area contributed by atoms with Crippen LogP contribution in [0.15, 0.2) is 61.1 Å². The molecule has 2 aromatic heterocycles. The first-order valence-corrected chi connectivity index (χ1v) is 8.04. The Morgan fingerprint density at radius 2 is 1.92 bits per heavy atom. The van der Waals surface area contributed by atoms with E-state index in [9.17, 15) is 4.79 Å². The third kappa shape index (κ3) is 4.00. The Hall–Kier alpha value is -2.66. The van der Waals surface area contributed by atoms with Crippen molar-refractivity contribution in [3.05, 3.63) is 71.6 Å². The minimum Gasteiger partial charge on any atom is -0.354 e. The second-order valence-electron chi connectivity index (χ2n) is 5.28. The molecule has 1 aromatic carbocycles. The SMILES string of the molecule is O=C(Cc1ccccc1Cl)NCCn1ccnc1-c1ccccn1. The Morgan fingerprint density at radius 1 is 1.08 bits per heavy atom. The first kappa shape index (κ1) is 16.2. The number of aromatic nitrogens is 3. The van der Waals surface area contributed by atoms with Crippen molar-refractivity contribution in [2.45, 2.75) is 13.0 Å². The normalized spacial score (nSPS) is 10.5. The smallest absolute Gasteiger partial charge is 0.224 e. The van der Waals surface area contributed by atoms with E-state index in [-0.39, 0.29) is 12.3 Å². The lowest BCUT2D eigenvalue weighted by atomic mass is 10.1. The molecule has 0 unspecified atom stereocenters. The minimum atomic E-state index is -0.0531. The highest BCUT2D eigenvalue weighted by Gasteiger charge is 2.08. The van der Waals surface area contributed by atoms with Crippen LogP contribution in [0.3, 0.4) is 0 Å². The Morgan fingerprint density at radius 3 is 2.71 bits per heavy atom. The zero-order valence-corrected chi connectivity index (χ0v) is 13.8. The van der Waals surface area contributed by atoms with Crippen LogP contribution in [0.2, 0.25) is 5.02 Å². The van der Waals surface area contributed by atoms with Crippen LogP contribution in [-0.2, 0) is 17.8 Å². The number of carbonyl (C=O) groups is 1. The third-order valence-electron chi connectivity index (χ3n) is 3.59. The highest BCUT2D eigenvalue weighted by molar-refractivity contribution is 6.31. The van der Waals surface area contributed by atoms with Gasteiger partial charge in [0.05, 0.1) is 6.42 Å². The van der Waals surface area contributed by atoms with Crippen LogP contribution in [0, 0.1) is 0 Å². The van der Waals surface area contributed by atoms with E-state index >= 15 is 0 Å². The molecule has 0 aliphatic heterocycles. The molecule has 6 heteroatoms. The number of rotatable bonds is 6. The molecule has 0 bridgehead atoms. The molecule has 122 valence electrons. The zero-order valence-electron chi connectivity index (χ0n) is 13.0. The highest BCUT2D eigenvalue weighted by Crippen LogP contribution is 2.15. The zero-order chi connectivity index (χ0) is 16.8. The first-order chi connectivity index (χ1) is 11.7. The highest BCUT2D eigenvalue weighted by atomic mass is 35.5. The van der Waals surface area contributed by atoms with Crippen molar-refractivity contribution in [2.24, 2.45) is 0 Å². The van der Waals surface area contributed by atoms with E-state index in [1.165, 1.54) is 0 Å². The second-order valence-corrected chi connectivity index (χ2v) is 5.68. The summed E-state index contributed by atoms with van der Waals surface area (Å²) in [6.07, 6.45) is 5.62. The molecule has 0 aliphatic carbocycles. The first-order valence-electron chi connectivity index (χ1n) is 7.66. The molecule has 0 radical (unpaired) electrons. The van der Waals surface area contributed by atoms with Gasteiger partial charge in [0.15, 0.2) is 5.82 Å². The van der Waals surface area contributed by atoms with E-state index < -0.39 is 0 Å². The topological polar surface area (TPSA) is 59.8 Å². The molecule has 1 amide bonds. The number of amides is 1. The van der Waals surface area contributed by atoms with Gasteiger partial charge in [0.25, 0.3) is 0 Å². The monoisotopic (exact) mass is 340 g/mol. The van der Waals surface area contributed by atoms with Gasteiger partial charge in [0, 0.05) is 36.7 Å². The van der Waals surface area contributed by atoms with Crippen molar-refractivity contribution in [1.82, 2.24) is 19.9 Å². The summed E-state index contributed by atoms with van der Waals surface area (Å²) in [6.45, 7) is 1.14. The van der Waals surface area contributed by atoms with Crippen molar-refractivity contribution in [3.63, 3.8) is 0 Å². The largest absolute Gasteiger partial charge is 0.354 e. The number of pyridine rings is 1. The fraction of sp³-hybridized carbons (Fsp3) is 0.167. The van der Waals surface area contributed by atoms with E-state index in [2.05, 4.69) is 15.3 Å². The molecule has 24 heavy (non-hydrogen) atoms. The van der Waals surface area contributed by atoms with Crippen LogP contribution in [0.5, 0.6) is 0 Å². The fourth-order valence-corrected chi connectivity index (χ4v) is 2.61. The summed E-state index contributed by atoms with van der Waals surface area (Å²) in [5, 5.41) is 3.52. The van der Waals surface area contributed by atoms with Crippen LogP contribution in [0.25, 0.3) is 11.5 Å². The van der Waals surface area contributed by atoms with Gasteiger partial charge in [-0.25, -0.2) is 4.98 Å². The summed E-state index contributed by atoms with van der Waals surface area (Å²) in [5.74, 6) is 0.735. The third-order valence-corrected chi connectivity index (χ3v) is 3.96. The second kappa shape index (κ2) is 7.75. The standard InChI is InChI=1S/C18H17ClN4O/c19-15-6-2-1-5-14(15)13-17(24)21-9-11-23-12-10-22-18(23)16-7-3-4-8-20-16/h1-8,10,12H,9,11,13H2,(H,21,24). The van der Waals surface area contributed by atoms with Crippen LogP contribution < -0.4 is 5.32 Å². The van der Waals surface area contributed by atoms with Gasteiger partial charge in [-0.3, -0.25) is 9.78 Å². The lowest BCUT2D eigenvalue weighted by Gasteiger charge is -2.09. The maximum atomic E-state index is 12.0. The molecule has 0 saturated heterocycles. The number of benzene rings is 1. The molecule has 0 aliphatic rings. The number of carbonyl (C=O) groups excluding carboxylic acids is 1. The quantitative estimate of drug-likeness (QED) is 0.750. The summed E-state index contributed by atoms with van der Waals surface area (Å²) in [7, 11) is 0. The average molecular weight is 341 g/mol. The Kier molecular flexibility index (Phi) is 5.23. The van der Waals surface area contributed by atoms with Gasteiger partial charge in [-0.2, -0.15) is 0 Å². The lowest BCUT2D eigenvalue weighted by Crippen LogP contribution is -2.28. The molecule has 0 spiro atoms. The number of nitrogens with one attached hydrogen (secondary N) is 1. The van der Waals surface area contributed by atoms with E-state index in [4.69, 9.17) is 11.6 Å². The molecule has 3 rings (SSSR count). The predicted octanol–water partition coefficient (Wildman–Crippen LogP) is 2.96. The molecule has 5 nitrogen and oxygen atoms in total. The summed E-state index contributed by atoms with van der Waals surface area (Å²) in [5.41, 5.74) is 1.64. The van der Waals surface area contributed by atoms with Crippen molar-refractivity contribution in [1.29, 1.82) is 0 Å². The average Bonchev–Trinajstić information content (AvgIpc) is 3.06. The maximum absolute atomic E-state index is 12.0. The van der Waals surface area contributed by atoms with Gasteiger partial charge in [-0.1, -0.05) is 35.9 Å². The Labute approximate surface area is 145 Å². The molecule has 0 atom stereocenters. The number of hydrogen-bond donors (Lipinski definition) is 1. The van der Waals surface area contributed by atoms with E-state index in [1.54, 1.807) is 18.5 Å². The molecule has 2 heterocycles. The molecular weight excluding hydrogens is 324 g/mol. The van der Waals surface area contributed by atoms with Gasteiger partial charge < -0.3 is 9.88 Å². The summed E-state index contributed by atoms with van der Waals surface area (Å²) in [6, 6.07) is 13.1.